The Kier molecular flexibility index (Phi) is 3.80. The van der Waals surface area contributed by atoms with E-state index >= 15 is 0 Å². The summed E-state index contributed by atoms with van der Waals surface area (Å²) in [6.45, 7) is 8.15. The third-order valence-electron chi connectivity index (χ3n) is 3.77. The Morgan fingerprint density at radius 1 is 1.22 bits per heavy atom. The summed E-state index contributed by atoms with van der Waals surface area (Å²) in [6, 6.07) is 0. The van der Waals surface area contributed by atoms with Crippen LogP contribution in [0.25, 0.3) is 0 Å². The molecule has 0 unspecified atom stereocenters. The lowest BCUT2D eigenvalue weighted by Gasteiger charge is -2.20. The lowest BCUT2D eigenvalue weighted by Crippen LogP contribution is -2.31. The quantitative estimate of drug-likeness (QED) is 0.837. The smallest absolute Gasteiger partial charge is 0.205 e. The van der Waals surface area contributed by atoms with Gasteiger partial charge in [0.15, 0.2) is 0 Å². The molecule has 5 heteroatoms. The highest BCUT2D eigenvalue weighted by molar-refractivity contribution is 7.09. The van der Waals surface area contributed by atoms with E-state index in [2.05, 4.69) is 21.1 Å². The monoisotopic (exact) mass is 266 g/mol. The van der Waals surface area contributed by atoms with E-state index in [1.807, 2.05) is 0 Å². The largest absolute Gasteiger partial charge is 0.346 e. The Balaban J connectivity index is 1.61. The van der Waals surface area contributed by atoms with Gasteiger partial charge in [0, 0.05) is 37.1 Å². The predicted molar refractivity (Wildman–Crippen MR) is 75.4 cm³/mol. The van der Waals surface area contributed by atoms with Crippen LogP contribution in [0.2, 0.25) is 0 Å². The minimum atomic E-state index is 0.679. The third-order valence-corrected chi connectivity index (χ3v) is 4.56. The molecule has 0 radical (unpaired) electrons. The molecular formula is C13H22N4S. The van der Waals surface area contributed by atoms with Crippen LogP contribution in [0.15, 0.2) is 0 Å². The molecule has 0 aromatic carbocycles. The molecule has 1 aliphatic heterocycles. The highest BCUT2D eigenvalue weighted by atomic mass is 32.1. The van der Waals surface area contributed by atoms with Crippen LogP contribution in [0.1, 0.15) is 44.3 Å². The zero-order valence-electron chi connectivity index (χ0n) is 11.1. The second kappa shape index (κ2) is 5.53. The van der Waals surface area contributed by atoms with E-state index in [4.69, 9.17) is 4.98 Å². The number of nitrogens with zero attached hydrogens (tertiary/aromatic N) is 4. The summed E-state index contributed by atoms with van der Waals surface area (Å²) in [5.74, 6) is 1.78. The minimum Gasteiger partial charge on any atom is -0.346 e. The molecular weight excluding hydrogens is 244 g/mol. The fourth-order valence-corrected chi connectivity index (χ4v) is 3.36. The molecule has 2 aliphatic rings. The summed E-state index contributed by atoms with van der Waals surface area (Å²) < 4.78 is 4.51. The second-order valence-corrected chi connectivity index (χ2v) is 6.12. The van der Waals surface area contributed by atoms with E-state index < -0.39 is 0 Å². The van der Waals surface area contributed by atoms with Crippen LogP contribution in [0.4, 0.5) is 5.13 Å². The van der Waals surface area contributed by atoms with Crippen molar-refractivity contribution < 1.29 is 0 Å². The van der Waals surface area contributed by atoms with Crippen LogP contribution >= 0.6 is 11.5 Å². The Morgan fingerprint density at radius 2 is 2.11 bits per heavy atom. The van der Waals surface area contributed by atoms with Gasteiger partial charge in [0.1, 0.15) is 5.82 Å². The predicted octanol–water partition coefficient (Wildman–Crippen LogP) is 2.34. The Bertz CT molecular complexity index is 388. The first-order valence-corrected chi connectivity index (χ1v) is 7.95. The second-order valence-electron chi connectivity index (χ2n) is 5.39. The summed E-state index contributed by atoms with van der Waals surface area (Å²) in [6.07, 6.45) is 5.09. The van der Waals surface area contributed by atoms with E-state index in [-0.39, 0.29) is 0 Å². The summed E-state index contributed by atoms with van der Waals surface area (Å²) in [5.41, 5.74) is 0. The third kappa shape index (κ3) is 2.83. The Labute approximate surface area is 113 Å². The Morgan fingerprint density at radius 3 is 2.89 bits per heavy atom. The van der Waals surface area contributed by atoms with E-state index in [0.29, 0.717) is 5.92 Å². The summed E-state index contributed by atoms with van der Waals surface area (Å²) in [7, 11) is 0. The van der Waals surface area contributed by atoms with Crippen molar-refractivity contribution in [3.8, 4) is 0 Å². The molecule has 0 spiro atoms. The van der Waals surface area contributed by atoms with E-state index in [1.165, 1.54) is 45.3 Å². The summed E-state index contributed by atoms with van der Waals surface area (Å²) >= 11 is 1.59. The number of rotatable bonds is 4. The highest BCUT2D eigenvalue weighted by Gasteiger charge is 2.28. The molecule has 1 aliphatic carbocycles. The maximum Gasteiger partial charge on any atom is 0.205 e. The standard InChI is InChI=1S/C13H22N4S/c1-2-6-16-7-3-8-17(10-9-16)13-14-12(15-18-13)11-4-5-11/h11H,2-10H2,1H3. The lowest BCUT2D eigenvalue weighted by molar-refractivity contribution is 0.294. The molecule has 1 aromatic rings. The van der Waals surface area contributed by atoms with Crippen molar-refractivity contribution in [1.29, 1.82) is 0 Å². The molecule has 4 nitrogen and oxygen atoms in total. The number of anilines is 1. The molecule has 2 heterocycles. The number of hydrogen-bond acceptors (Lipinski definition) is 5. The van der Waals surface area contributed by atoms with Gasteiger partial charge in [-0.1, -0.05) is 6.92 Å². The van der Waals surface area contributed by atoms with Crippen molar-refractivity contribution in [3.63, 3.8) is 0 Å². The minimum absolute atomic E-state index is 0.679. The van der Waals surface area contributed by atoms with Crippen LogP contribution in [0, 0.1) is 0 Å². The fraction of sp³-hybridized carbons (Fsp3) is 0.846. The van der Waals surface area contributed by atoms with Crippen molar-refractivity contribution >= 4 is 16.7 Å². The first-order chi connectivity index (χ1) is 8.86. The van der Waals surface area contributed by atoms with Crippen LogP contribution in [-0.4, -0.2) is 47.0 Å². The van der Waals surface area contributed by atoms with Crippen LogP contribution < -0.4 is 4.90 Å². The Hall–Kier alpha value is -0.680. The van der Waals surface area contributed by atoms with Crippen LogP contribution in [0.3, 0.4) is 0 Å². The normalized spacial score (nSPS) is 22.2. The molecule has 0 N–H and O–H groups in total. The average molecular weight is 266 g/mol. The van der Waals surface area contributed by atoms with Crippen molar-refractivity contribution in [2.24, 2.45) is 0 Å². The molecule has 0 amide bonds. The lowest BCUT2D eigenvalue weighted by atomic mass is 10.3. The SMILES string of the molecule is CCCN1CCCN(c2nc(C3CC3)ns2)CC1. The van der Waals surface area contributed by atoms with E-state index in [0.717, 1.165) is 24.0 Å². The van der Waals surface area contributed by atoms with Gasteiger partial charge in [-0.3, -0.25) is 0 Å². The molecule has 100 valence electrons. The van der Waals surface area contributed by atoms with Crippen molar-refractivity contribution in [3.05, 3.63) is 5.82 Å². The zero-order valence-corrected chi connectivity index (χ0v) is 12.0. The average Bonchev–Trinajstić information content (AvgIpc) is 3.15. The highest BCUT2D eigenvalue weighted by Crippen LogP contribution is 2.39. The zero-order chi connectivity index (χ0) is 12.4. The molecule has 1 saturated carbocycles. The maximum absolute atomic E-state index is 4.72. The van der Waals surface area contributed by atoms with E-state index in [1.54, 1.807) is 11.5 Å². The van der Waals surface area contributed by atoms with Crippen molar-refractivity contribution in [2.45, 2.75) is 38.5 Å². The summed E-state index contributed by atoms with van der Waals surface area (Å²) in [5, 5.41) is 1.15. The molecule has 3 rings (SSSR count). The fourth-order valence-electron chi connectivity index (χ4n) is 2.56. The van der Waals surface area contributed by atoms with Gasteiger partial charge in [-0.15, -0.1) is 0 Å². The van der Waals surface area contributed by atoms with Crippen molar-refractivity contribution in [1.82, 2.24) is 14.3 Å². The topological polar surface area (TPSA) is 32.3 Å². The van der Waals surface area contributed by atoms with E-state index in [9.17, 15) is 0 Å². The molecule has 1 aromatic heterocycles. The molecule has 0 bridgehead atoms. The van der Waals surface area contributed by atoms with Gasteiger partial charge in [-0.2, -0.15) is 4.37 Å². The van der Waals surface area contributed by atoms with Gasteiger partial charge in [-0.25, -0.2) is 4.98 Å². The van der Waals surface area contributed by atoms with Crippen LogP contribution in [-0.2, 0) is 0 Å². The van der Waals surface area contributed by atoms with Crippen LogP contribution in [0.5, 0.6) is 0 Å². The maximum atomic E-state index is 4.72. The first kappa shape index (κ1) is 12.4. The van der Waals surface area contributed by atoms with Gasteiger partial charge in [0.2, 0.25) is 5.13 Å². The van der Waals surface area contributed by atoms with Crippen molar-refractivity contribution in [2.75, 3.05) is 37.6 Å². The van der Waals surface area contributed by atoms with Gasteiger partial charge in [-0.05, 0) is 38.8 Å². The molecule has 1 saturated heterocycles. The molecule has 0 atom stereocenters. The van der Waals surface area contributed by atoms with Gasteiger partial charge in [0.05, 0.1) is 0 Å². The first-order valence-electron chi connectivity index (χ1n) is 7.17. The number of hydrogen-bond donors (Lipinski definition) is 0. The summed E-state index contributed by atoms with van der Waals surface area (Å²) in [4.78, 5) is 9.73. The molecule has 2 fully saturated rings. The number of aromatic nitrogens is 2. The van der Waals surface area contributed by atoms with Gasteiger partial charge >= 0.3 is 0 Å². The van der Waals surface area contributed by atoms with Gasteiger partial charge < -0.3 is 9.80 Å². The molecule has 18 heavy (non-hydrogen) atoms. The van der Waals surface area contributed by atoms with Gasteiger partial charge in [0.25, 0.3) is 0 Å².